The Balaban J connectivity index is 1.68. The highest BCUT2D eigenvalue weighted by Gasteiger charge is 2.40. The van der Waals surface area contributed by atoms with Crippen molar-refractivity contribution in [2.75, 3.05) is 20.1 Å². The molecule has 0 radical (unpaired) electrons. The zero-order valence-electron chi connectivity index (χ0n) is 11.1. The van der Waals surface area contributed by atoms with E-state index in [9.17, 15) is 4.79 Å². The molecule has 2 aliphatic heterocycles. The standard InChI is InChI=1S/C12H18ClN5O/c1-16-10-3-4-18(6-9(10)15-12(16)19)7-11-8(13)5-14-17(11)2/h5,9-10H,3-4,6-7H2,1-2H3,(H,15,19)/t9-,10+/m1/s1. The van der Waals surface area contributed by atoms with Crippen LogP contribution in [0.15, 0.2) is 6.20 Å². The lowest BCUT2D eigenvalue weighted by Gasteiger charge is -2.35. The maximum atomic E-state index is 11.6. The molecule has 2 amide bonds. The number of urea groups is 1. The monoisotopic (exact) mass is 283 g/mol. The van der Waals surface area contributed by atoms with Gasteiger partial charge in [-0.3, -0.25) is 9.58 Å². The number of likely N-dealkylation sites (N-methyl/N-ethyl adjacent to an activating group) is 1. The Hall–Kier alpha value is -1.27. The van der Waals surface area contributed by atoms with Crippen LogP contribution in [0.5, 0.6) is 0 Å². The summed E-state index contributed by atoms with van der Waals surface area (Å²) in [6.07, 6.45) is 2.67. The minimum Gasteiger partial charge on any atom is -0.332 e. The van der Waals surface area contributed by atoms with E-state index in [1.54, 1.807) is 6.20 Å². The number of nitrogens with one attached hydrogen (secondary N) is 1. The molecule has 2 saturated heterocycles. The molecule has 1 aromatic heterocycles. The van der Waals surface area contributed by atoms with Gasteiger partial charge in [0.15, 0.2) is 0 Å². The number of amides is 2. The number of fused-ring (bicyclic) bond motifs is 1. The summed E-state index contributed by atoms with van der Waals surface area (Å²) in [7, 11) is 3.77. The largest absolute Gasteiger partial charge is 0.332 e. The second-order valence-electron chi connectivity index (χ2n) is 5.32. The number of carbonyl (C=O) groups is 1. The van der Waals surface area contributed by atoms with Crippen LogP contribution in [0.25, 0.3) is 0 Å². The molecule has 3 heterocycles. The molecule has 2 aliphatic rings. The Morgan fingerprint density at radius 2 is 2.32 bits per heavy atom. The lowest BCUT2D eigenvalue weighted by Crippen LogP contribution is -2.50. The maximum absolute atomic E-state index is 11.6. The van der Waals surface area contributed by atoms with E-state index in [2.05, 4.69) is 15.3 Å². The van der Waals surface area contributed by atoms with Crippen LogP contribution in [0.2, 0.25) is 5.02 Å². The Kier molecular flexibility index (Phi) is 3.14. The summed E-state index contributed by atoms with van der Waals surface area (Å²) in [6.45, 7) is 2.61. The molecule has 0 aliphatic carbocycles. The number of nitrogens with zero attached hydrogens (tertiary/aromatic N) is 4. The van der Waals surface area contributed by atoms with Crippen LogP contribution >= 0.6 is 11.6 Å². The molecule has 0 bridgehead atoms. The first kappa shape index (κ1) is 12.7. The Morgan fingerprint density at radius 1 is 1.53 bits per heavy atom. The number of carbonyl (C=O) groups excluding carboxylic acids is 1. The summed E-state index contributed by atoms with van der Waals surface area (Å²) >= 11 is 6.13. The summed E-state index contributed by atoms with van der Waals surface area (Å²) in [5.41, 5.74) is 1.03. The van der Waals surface area contributed by atoms with Gasteiger partial charge in [0.25, 0.3) is 0 Å². The maximum Gasteiger partial charge on any atom is 0.317 e. The first-order valence-electron chi connectivity index (χ1n) is 6.48. The zero-order valence-corrected chi connectivity index (χ0v) is 11.9. The summed E-state index contributed by atoms with van der Waals surface area (Å²) in [5.74, 6) is 0. The Bertz CT molecular complexity index is 483. The summed E-state index contributed by atoms with van der Waals surface area (Å²) in [6, 6.07) is 0.583. The van der Waals surface area contributed by atoms with Crippen molar-refractivity contribution in [1.29, 1.82) is 0 Å². The van der Waals surface area contributed by atoms with E-state index in [-0.39, 0.29) is 12.1 Å². The van der Waals surface area contributed by atoms with Crippen molar-refractivity contribution in [2.24, 2.45) is 7.05 Å². The van der Waals surface area contributed by atoms with E-state index >= 15 is 0 Å². The third-order valence-electron chi connectivity index (χ3n) is 4.17. The van der Waals surface area contributed by atoms with Gasteiger partial charge in [-0.2, -0.15) is 5.10 Å². The molecule has 0 unspecified atom stereocenters. The van der Waals surface area contributed by atoms with E-state index in [4.69, 9.17) is 11.6 Å². The van der Waals surface area contributed by atoms with Crippen LogP contribution in [0.1, 0.15) is 12.1 Å². The van der Waals surface area contributed by atoms with Crippen LogP contribution in [-0.4, -0.2) is 57.8 Å². The van der Waals surface area contributed by atoms with Gasteiger partial charge in [-0.1, -0.05) is 11.6 Å². The van der Waals surface area contributed by atoms with Gasteiger partial charge < -0.3 is 10.2 Å². The number of hydrogen-bond donors (Lipinski definition) is 1. The van der Waals surface area contributed by atoms with Gasteiger partial charge in [0.2, 0.25) is 0 Å². The van der Waals surface area contributed by atoms with Crippen LogP contribution in [-0.2, 0) is 13.6 Å². The van der Waals surface area contributed by atoms with Crippen molar-refractivity contribution >= 4 is 17.6 Å². The average molecular weight is 284 g/mol. The fraction of sp³-hybridized carbons (Fsp3) is 0.667. The van der Waals surface area contributed by atoms with Gasteiger partial charge in [0.05, 0.1) is 29.0 Å². The summed E-state index contributed by atoms with van der Waals surface area (Å²) < 4.78 is 1.81. The highest BCUT2D eigenvalue weighted by Crippen LogP contribution is 2.24. The number of likely N-dealkylation sites (tertiary alicyclic amines) is 1. The van der Waals surface area contributed by atoms with Gasteiger partial charge in [0, 0.05) is 33.7 Å². The SMILES string of the molecule is CN1C(=O)N[C@@H]2CN(Cc3c(Cl)cnn3C)CC[C@@H]21. The van der Waals surface area contributed by atoms with Crippen molar-refractivity contribution in [3.05, 3.63) is 16.9 Å². The quantitative estimate of drug-likeness (QED) is 0.868. The number of aryl methyl sites for hydroxylation is 1. The zero-order chi connectivity index (χ0) is 13.6. The third kappa shape index (κ3) is 2.19. The summed E-state index contributed by atoms with van der Waals surface area (Å²) in [5, 5.41) is 7.89. The third-order valence-corrected chi connectivity index (χ3v) is 4.49. The lowest BCUT2D eigenvalue weighted by atomic mass is 10.0. The van der Waals surface area contributed by atoms with E-state index in [1.807, 2.05) is 23.7 Å². The highest BCUT2D eigenvalue weighted by molar-refractivity contribution is 6.31. The molecule has 0 saturated carbocycles. The molecule has 104 valence electrons. The average Bonchev–Trinajstić information content (AvgIpc) is 2.84. The van der Waals surface area contributed by atoms with E-state index in [0.29, 0.717) is 11.1 Å². The van der Waals surface area contributed by atoms with Gasteiger partial charge >= 0.3 is 6.03 Å². The first-order valence-corrected chi connectivity index (χ1v) is 6.86. The molecule has 7 heteroatoms. The topological polar surface area (TPSA) is 53.4 Å². The van der Waals surface area contributed by atoms with E-state index < -0.39 is 0 Å². The van der Waals surface area contributed by atoms with Crippen molar-refractivity contribution in [2.45, 2.75) is 25.0 Å². The van der Waals surface area contributed by atoms with Crippen molar-refractivity contribution in [3.8, 4) is 0 Å². The fourth-order valence-electron chi connectivity index (χ4n) is 2.99. The van der Waals surface area contributed by atoms with Gasteiger partial charge in [0.1, 0.15) is 0 Å². The molecular weight excluding hydrogens is 266 g/mol. The molecule has 1 aromatic rings. The number of rotatable bonds is 2. The van der Waals surface area contributed by atoms with Gasteiger partial charge in [-0.15, -0.1) is 0 Å². The molecule has 1 N–H and O–H groups in total. The smallest absolute Gasteiger partial charge is 0.317 e. The second-order valence-corrected chi connectivity index (χ2v) is 5.73. The van der Waals surface area contributed by atoms with Crippen LogP contribution < -0.4 is 5.32 Å². The minimum atomic E-state index is 0.0374. The van der Waals surface area contributed by atoms with Gasteiger partial charge in [-0.05, 0) is 6.42 Å². The number of hydrogen-bond acceptors (Lipinski definition) is 3. The van der Waals surface area contributed by atoms with Crippen LogP contribution in [0, 0.1) is 0 Å². The molecule has 2 fully saturated rings. The lowest BCUT2D eigenvalue weighted by molar-refractivity contribution is 0.145. The molecule has 0 aromatic carbocycles. The second kappa shape index (κ2) is 4.68. The highest BCUT2D eigenvalue weighted by atomic mass is 35.5. The first-order chi connectivity index (χ1) is 9.06. The van der Waals surface area contributed by atoms with Crippen molar-refractivity contribution < 1.29 is 4.79 Å². The number of piperidine rings is 1. The number of aromatic nitrogens is 2. The predicted molar refractivity (Wildman–Crippen MR) is 72.0 cm³/mol. The van der Waals surface area contributed by atoms with Crippen LogP contribution in [0.4, 0.5) is 4.79 Å². The van der Waals surface area contributed by atoms with E-state index in [1.165, 1.54) is 0 Å². The Labute approximate surface area is 117 Å². The molecule has 0 spiro atoms. The Morgan fingerprint density at radius 3 is 3.00 bits per heavy atom. The molecule has 6 nitrogen and oxygen atoms in total. The summed E-state index contributed by atoms with van der Waals surface area (Å²) in [4.78, 5) is 15.8. The molecule has 19 heavy (non-hydrogen) atoms. The fourth-order valence-corrected chi connectivity index (χ4v) is 3.22. The van der Waals surface area contributed by atoms with Gasteiger partial charge in [-0.25, -0.2) is 4.79 Å². The molecular formula is C12H18ClN5O. The minimum absolute atomic E-state index is 0.0374. The molecule has 2 atom stereocenters. The van der Waals surface area contributed by atoms with Crippen molar-refractivity contribution in [3.63, 3.8) is 0 Å². The van der Waals surface area contributed by atoms with Crippen LogP contribution in [0.3, 0.4) is 0 Å². The van der Waals surface area contributed by atoms with Crippen molar-refractivity contribution in [1.82, 2.24) is 24.9 Å². The van der Waals surface area contributed by atoms with E-state index in [0.717, 1.165) is 31.7 Å². The predicted octanol–water partition coefficient (Wildman–Crippen LogP) is 0.671. The number of halogens is 1. The normalized spacial score (nSPS) is 27.5. The molecule has 3 rings (SSSR count).